The summed E-state index contributed by atoms with van der Waals surface area (Å²) in [6.45, 7) is 1.97. The topological polar surface area (TPSA) is 77.0 Å². The van der Waals surface area contributed by atoms with E-state index in [1.807, 2.05) is 0 Å². The highest BCUT2D eigenvalue weighted by molar-refractivity contribution is 14.0. The van der Waals surface area contributed by atoms with Gasteiger partial charge in [0, 0.05) is 32.6 Å². The van der Waals surface area contributed by atoms with E-state index < -0.39 is 18.8 Å². The number of carbonyl (C=O) groups is 1. The fourth-order valence-electron chi connectivity index (χ4n) is 1.92. The van der Waals surface area contributed by atoms with Gasteiger partial charge in [-0.3, -0.25) is 9.79 Å². The van der Waals surface area contributed by atoms with Crippen LogP contribution in [0.25, 0.3) is 0 Å². The molecule has 0 aliphatic carbocycles. The maximum atomic E-state index is 12.2. The molecule has 0 radical (unpaired) electrons. The van der Waals surface area contributed by atoms with Crippen LogP contribution < -0.4 is 10.6 Å². The number of likely N-dealkylation sites (N-methyl/N-ethyl adjacent to an activating group) is 1. The molecule has 6 nitrogen and oxygen atoms in total. The minimum atomic E-state index is -4.68. The van der Waals surface area contributed by atoms with E-state index in [1.54, 1.807) is 18.9 Å². The molecule has 1 heterocycles. The molecule has 1 amide bonds. The molecule has 1 aliphatic heterocycles. The van der Waals surface area contributed by atoms with Crippen molar-refractivity contribution in [1.29, 1.82) is 0 Å². The number of aliphatic hydroxyl groups excluding tert-OH is 1. The SMILES string of the molecule is CCNC(=NCC(O)C(F)(F)F)NC1CCC(=O)N(C)C1.I. The van der Waals surface area contributed by atoms with Gasteiger partial charge >= 0.3 is 6.18 Å². The van der Waals surface area contributed by atoms with Crippen LogP contribution in [0.4, 0.5) is 13.2 Å². The van der Waals surface area contributed by atoms with Gasteiger partial charge in [-0.25, -0.2) is 0 Å². The van der Waals surface area contributed by atoms with Gasteiger partial charge in [0.05, 0.1) is 6.54 Å². The minimum absolute atomic E-state index is 0. The van der Waals surface area contributed by atoms with E-state index in [1.165, 1.54) is 0 Å². The van der Waals surface area contributed by atoms with Crippen molar-refractivity contribution in [2.45, 2.75) is 38.1 Å². The molecule has 1 aliphatic rings. The number of guanidine groups is 1. The zero-order valence-corrected chi connectivity index (χ0v) is 14.8. The van der Waals surface area contributed by atoms with E-state index in [0.29, 0.717) is 25.9 Å². The molecule has 0 aromatic rings. The predicted molar refractivity (Wildman–Crippen MR) is 87.3 cm³/mol. The van der Waals surface area contributed by atoms with Crippen molar-refractivity contribution in [3.63, 3.8) is 0 Å². The molecule has 130 valence electrons. The van der Waals surface area contributed by atoms with E-state index in [9.17, 15) is 18.0 Å². The molecule has 0 bridgehead atoms. The van der Waals surface area contributed by atoms with Crippen LogP contribution in [0.3, 0.4) is 0 Å². The highest BCUT2D eigenvalue weighted by Crippen LogP contribution is 2.19. The van der Waals surface area contributed by atoms with Crippen LogP contribution in [0, 0.1) is 0 Å². The fourth-order valence-corrected chi connectivity index (χ4v) is 1.92. The Morgan fingerprint density at radius 3 is 2.68 bits per heavy atom. The molecule has 1 saturated heterocycles. The largest absolute Gasteiger partial charge is 0.416 e. The fraction of sp³-hybridized carbons (Fsp3) is 0.833. The lowest BCUT2D eigenvalue weighted by Crippen LogP contribution is -2.52. The Balaban J connectivity index is 0.00000441. The summed E-state index contributed by atoms with van der Waals surface area (Å²) in [5, 5.41) is 14.7. The second kappa shape index (κ2) is 9.38. The Kier molecular flexibility index (Phi) is 9.05. The first-order valence-corrected chi connectivity index (χ1v) is 6.77. The highest BCUT2D eigenvalue weighted by Gasteiger charge is 2.38. The molecule has 10 heteroatoms. The Morgan fingerprint density at radius 2 is 2.18 bits per heavy atom. The summed E-state index contributed by atoms with van der Waals surface area (Å²) in [6, 6.07) is -0.0754. The lowest BCUT2D eigenvalue weighted by atomic mass is 10.1. The number of piperidine rings is 1. The standard InChI is InChI=1S/C12H21F3N4O2.HI/c1-3-16-11(17-6-9(20)12(13,14)15)18-8-4-5-10(21)19(2)7-8;/h8-9,20H,3-7H2,1-2H3,(H2,16,17,18);1H. The quantitative estimate of drug-likeness (QED) is 0.343. The monoisotopic (exact) mass is 438 g/mol. The lowest BCUT2D eigenvalue weighted by Gasteiger charge is -2.31. The maximum absolute atomic E-state index is 12.2. The third kappa shape index (κ3) is 6.99. The number of aliphatic hydroxyl groups is 1. The van der Waals surface area contributed by atoms with Gasteiger partial charge in [-0.15, -0.1) is 24.0 Å². The van der Waals surface area contributed by atoms with E-state index >= 15 is 0 Å². The zero-order valence-electron chi connectivity index (χ0n) is 12.5. The molecule has 0 spiro atoms. The van der Waals surface area contributed by atoms with Crippen molar-refractivity contribution in [3.05, 3.63) is 0 Å². The molecular weight excluding hydrogens is 416 g/mol. The van der Waals surface area contributed by atoms with Crippen LogP contribution in [0.15, 0.2) is 4.99 Å². The average Bonchev–Trinajstić information content (AvgIpc) is 2.39. The number of halogens is 4. The molecular formula is C12H22F3IN4O2. The molecule has 2 atom stereocenters. The minimum Gasteiger partial charge on any atom is -0.382 e. The Labute approximate surface area is 144 Å². The summed E-state index contributed by atoms with van der Waals surface area (Å²) in [5.41, 5.74) is 0. The van der Waals surface area contributed by atoms with Gasteiger partial charge in [0.15, 0.2) is 12.1 Å². The van der Waals surface area contributed by atoms with Crippen LogP contribution in [0.2, 0.25) is 0 Å². The summed E-state index contributed by atoms with van der Waals surface area (Å²) in [6.07, 6.45) is -6.18. The van der Waals surface area contributed by atoms with Crippen molar-refractivity contribution in [2.75, 3.05) is 26.7 Å². The molecule has 0 saturated carbocycles. The van der Waals surface area contributed by atoms with Crippen LogP contribution in [0.5, 0.6) is 0 Å². The number of nitrogens with zero attached hydrogens (tertiary/aromatic N) is 2. The van der Waals surface area contributed by atoms with Gasteiger partial charge in [-0.05, 0) is 13.3 Å². The molecule has 2 unspecified atom stereocenters. The Hall–Kier alpha value is -0.780. The number of nitrogens with one attached hydrogen (secondary N) is 2. The van der Waals surface area contributed by atoms with Crippen LogP contribution in [-0.2, 0) is 4.79 Å². The maximum Gasteiger partial charge on any atom is 0.416 e. The second-order valence-corrected chi connectivity index (χ2v) is 4.93. The highest BCUT2D eigenvalue weighted by atomic mass is 127. The van der Waals surface area contributed by atoms with Crippen molar-refractivity contribution in [3.8, 4) is 0 Å². The number of amides is 1. The van der Waals surface area contributed by atoms with E-state index in [-0.39, 0.29) is 41.9 Å². The number of carbonyl (C=O) groups excluding carboxylic acids is 1. The summed E-state index contributed by atoms with van der Waals surface area (Å²) in [7, 11) is 1.67. The van der Waals surface area contributed by atoms with Gasteiger partial charge in [-0.1, -0.05) is 0 Å². The number of rotatable bonds is 4. The summed E-state index contributed by atoms with van der Waals surface area (Å²) in [4.78, 5) is 16.7. The normalized spacial score (nSPS) is 21.2. The molecule has 3 N–H and O–H groups in total. The van der Waals surface area contributed by atoms with Gasteiger partial charge < -0.3 is 20.6 Å². The summed E-state index contributed by atoms with van der Waals surface area (Å²) >= 11 is 0. The zero-order chi connectivity index (χ0) is 16.0. The number of aliphatic imine (C=N–C) groups is 1. The first-order valence-electron chi connectivity index (χ1n) is 6.77. The van der Waals surface area contributed by atoms with Gasteiger partial charge in [-0.2, -0.15) is 13.2 Å². The Bertz CT molecular complexity index is 393. The number of likely N-dealkylation sites (tertiary alicyclic amines) is 1. The molecule has 22 heavy (non-hydrogen) atoms. The van der Waals surface area contributed by atoms with Gasteiger partial charge in [0.2, 0.25) is 5.91 Å². The summed E-state index contributed by atoms with van der Waals surface area (Å²) in [5.74, 6) is 0.246. The lowest BCUT2D eigenvalue weighted by molar-refractivity contribution is -0.199. The molecule has 0 aromatic heterocycles. The van der Waals surface area contributed by atoms with Crippen molar-refractivity contribution < 1.29 is 23.1 Å². The van der Waals surface area contributed by atoms with E-state index in [4.69, 9.17) is 5.11 Å². The van der Waals surface area contributed by atoms with Crippen molar-refractivity contribution >= 4 is 35.8 Å². The van der Waals surface area contributed by atoms with E-state index in [2.05, 4.69) is 15.6 Å². The Morgan fingerprint density at radius 1 is 1.55 bits per heavy atom. The smallest absolute Gasteiger partial charge is 0.382 e. The third-order valence-corrected chi connectivity index (χ3v) is 3.11. The van der Waals surface area contributed by atoms with Crippen molar-refractivity contribution in [1.82, 2.24) is 15.5 Å². The van der Waals surface area contributed by atoms with Crippen LogP contribution in [0.1, 0.15) is 19.8 Å². The number of hydrogen-bond donors (Lipinski definition) is 3. The first-order chi connectivity index (χ1) is 9.74. The molecule has 0 aromatic carbocycles. The van der Waals surface area contributed by atoms with Gasteiger partial charge in [0.25, 0.3) is 0 Å². The van der Waals surface area contributed by atoms with E-state index in [0.717, 1.165) is 0 Å². The molecule has 1 fully saturated rings. The van der Waals surface area contributed by atoms with Crippen molar-refractivity contribution in [2.24, 2.45) is 4.99 Å². The number of hydrogen-bond acceptors (Lipinski definition) is 3. The average molecular weight is 438 g/mol. The van der Waals surface area contributed by atoms with Gasteiger partial charge in [0.1, 0.15) is 0 Å². The first kappa shape index (κ1) is 21.2. The van der Waals surface area contributed by atoms with Crippen LogP contribution in [-0.4, -0.2) is 66.9 Å². The second-order valence-electron chi connectivity index (χ2n) is 4.93. The summed E-state index contributed by atoms with van der Waals surface area (Å²) < 4.78 is 36.7. The predicted octanol–water partition coefficient (Wildman–Crippen LogP) is 0.703. The number of alkyl halides is 3. The third-order valence-electron chi connectivity index (χ3n) is 3.11. The molecule has 1 rings (SSSR count). The van der Waals surface area contributed by atoms with Crippen LogP contribution >= 0.6 is 24.0 Å².